The molecule has 1 fully saturated rings. The molecule has 4 aromatic rings. The number of rotatable bonds is 12. The summed E-state index contributed by atoms with van der Waals surface area (Å²) in [6.45, 7) is 2.70. The van der Waals surface area contributed by atoms with Crippen molar-refractivity contribution in [2.24, 2.45) is 0 Å². The maximum absolute atomic E-state index is 14.4. The van der Waals surface area contributed by atoms with Crippen molar-refractivity contribution in [3.05, 3.63) is 95.2 Å². The highest BCUT2D eigenvalue weighted by Crippen LogP contribution is 2.50. The van der Waals surface area contributed by atoms with Crippen LogP contribution in [-0.4, -0.2) is 85.9 Å². The van der Waals surface area contributed by atoms with E-state index in [0.717, 1.165) is 27.7 Å². The Hall–Kier alpha value is -5.28. The molecule has 2 atom stereocenters. The van der Waals surface area contributed by atoms with Gasteiger partial charge in [-0.1, -0.05) is 23.9 Å². The predicted octanol–water partition coefficient (Wildman–Crippen LogP) is 6.23. The minimum absolute atomic E-state index is 0.172. The van der Waals surface area contributed by atoms with Gasteiger partial charge in [0.15, 0.2) is 0 Å². The molecular weight excluding hydrogens is 720 g/mol. The van der Waals surface area contributed by atoms with E-state index in [1.807, 2.05) is 50.3 Å². The number of carbonyl (C=O) groups excluding carboxylic acids is 3. The number of amides is 3. The molecule has 15 heteroatoms. The van der Waals surface area contributed by atoms with Crippen molar-refractivity contribution in [2.45, 2.75) is 41.9 Å². The third-order valence-corrected chi connectivity index (χ3v) is 11.0. The van der Waals surface area contributed by atoms with Crippen molar-refractivity contribution >= 4 is 46.7 Å². The zero-order valence-electron chi connectivity index (χ0n) is 30.0. The number of hydrogen-bond acceptors (Lipinski definition) is 10. The lowest BCUT2D eigenvalue weighted by Crippen LogP contribution is -2.52. The number of halogens is 3. The van der Waals surface area contributed by atoms with Crippen molar-refractivity contribution < 1.29 is 32.3 Å². The van der Waals surface area contributed by atoms with Crippen molar-refractivity contribution in [3.8, 4) is 16.9 Å². The second-order valence-corrected chi connectivity index (χ2v) is 14.9. The van der Waals surface area contributed by atoms with Gasteiger partial charge in [-0.2, -0.15) is 13.2 Å². The monoisotopic (exact) mass is 759 g/mol. The van der Waals surface area contributed by atoms with Crippen molar-refractivity contribution in [1.29, 1.82) is 0 Å². The number of benzene rings is 3. The van der Waals surface area contributed by atoms with Crippen LogP contribution in [0.5, 0.6) is 5.75 Å². The molecule has 3 N–H and O–H groups in total. The van der Waals surface area contributed by atoms with Gasteiger partial charge in [-0.15, -0.1) is 0 Å². The zero-order chi connectivity index (χ0) is 38.1. The number of hydrogen-bond donors (Lipinski definition) is 3. The van der Waals surface area contributed by atoms with Crippen LogP contribution in [0.4, 0.5) is 30.4 Å². The number of pyridine rings is 1. The van der Waals surface area contributed by atoms with Gasteiger partial charge < -0.3 is 30.1 Å². The SMILES string of the molecule is CN(CCNc1ccc2c(c1)SC(c1ccc(-c3ccc(N(C)C)nc3)cc1C(F)(F)F)N2)CCOc1ccc2c(c1)CN(C1CCC(=O)NC1=O)C2=O. The first-order chi connectivity index (χ1) is 25.8. The highest BCUT2D eigenvalue weighted by atomic mass is 32.2. The van der Waals surface area contributed by atoms with Crippen LogP contribution in [0.1, 0.15) is 45.3 Å². The summed E-state index contributed by atoms with van der Waals surface area (Å²) in [5.41, 5.74) is 3.53. The van der Waals surface area contributed by atoms with Crippen molar-refractivity contribution in [3.63, 3.8) is 0 Å². The van der Waals surface area contributed by atoms with E-state index in [-0.39, 0.29) is 30.3 Å². The summed E-state index contributed by atoms with van der Waals surface area (Å²) in [6.07, 6.45) is -2.43. The number of piperidine rings is 1. The molecule has 1 aromatic heterocycles. The molecule has 11 nitrogen and oxygen atoms in total. The minimum atomic E-state index is -4.54. The molecular formula is C39H40F3N7O4S. The number of imide groups is 1. The number of likely N-dealkylation sites (N-methyl/N-ethyl adjacent to an activating group) is 1. The van der Waals surface area contributed by atoms with E-state index in [4.69, 9.17) is 4.74 Å². The summed E-state index contributed by atoms with van der Waals surface area (Å²) in [4.78, 5) is 47.5. The highest BCUT2D eigenvalue weighted by Gasteiger charge is 2.40. The average Bonchev–Trinajstić information content (AvgIpc) is 3.71. The van der Waals surface area contributed by atoms with Crippen LogP contribution in [0.15, 0.2) is 77.8 Å². The van der Waals surface area contributed by atoms with Gasteiger partial charge in [0.1, 0.15) is 29.6 Å². The molecule has 4 heterocycles. The first kappa shape index (κ1) is 37.1. The first-order valence-corrected chi connectivity index (χ1v) is 18.5. The molecule has 0 spiro atoms. The number of carbonyl (C=O) groups is 3. The fourth-order valence-electron chi connectivity index (χ4n) is 6.78. The summed E-state index contributed by atoms with van der Waals surface area (Å²) < 4.78 is 49.1. The van der Waals surface area contributed by atoms with Gasteiger partial charge in [0, 0.05) is 80.3 Å². The number of fused-ring (bicyclic) bond motifs is 2. The van der Waals surface area contributed by atoms with E-state index < -0.39 is 29.1 Å². The summed E-state index contributed by atoms with van der Waals surface area (Å²) in [7, 11) is 5.69. The Morgan fingerprint density at radius 3 is 2.54 bits per heavy atom. The largest absolute Gasteiger partial charge is 0.492 e. The van der Waals surface area contributed by atoms with E-state index in [0.29, 0.717) is 55.1 Å². The van der Waals surface area contributed by atoms with Gasteiger partial charge in [-0.25, -0.2) is 4.98 Å². The molecule has 3 aromatic carbocycles. The zero-order valence-corrected chi connectivity index (χ0v) is 30.8. The highest BCUT2D eigenvalue weighted by molar-refractivity contribution is 8.00. The third-order valence-electron chi connectivity index (χ3n) is 9.75. The molecule has 54 heavy (non-hydrogen) atoms. The van der Waals surface area contributed by atoms with Crippen LogP contribution >= 0.6 is 11.8 Å². The van der Waals surface area contributed by atoms with E-state index in [9.17, 15) is 27.6 Å². The maximum Gasteiger partial charge on any atom is 0.416 e. The molecule has 7 rings (SSSR count). The number of anilines is 3. The van der Waals surface area contributed by atoms with Gasteiger partial charge >= 0.3 is 6.18 Å². The van der Waals surface area contributed by atoms with Gasteiger partial charge in [-0.3, -0.25) is 19.7 Å². The fraction of sp³-hybridized carbons (Fsp3) is 0.333. The molecule has 3 aliphatic rings. The number of nitrogens with zero attached hydrogens (tertiary/aromatic N) is 4. The van der Waals surface area contributed by atoms with Gasteiger partial charge in [0.25, 0.3) is 5.91 Å². The Bertz CT molecular complexity index is 2080. The van der Waals surface area contributed by atoms with Gasteiger partial charge in [-0.05, 0) is 84.8 Å². The van der Waals surface area contributed by atoms with Crippen molar-refractivity contribution in [1.82, 2.24) is 20.1 Å². The maximum atomic E-state index is 14.4. The molecule has 1 saturated heterocycles. The number of aromatic nitrogens is 1. The van der Waals surface area contributed by atoms with E-state index in [2.05, 4.69) is 25.8 Å². The predicted molar refractivity (Wildman–Crippen MR) is 202 cm³/mol. The van der Waals surface area contributed by atoms with Gasteiger partial charge in [0.05, 0.1) is 5.56 Å². The summed E-state index contributed by atoms with van der Waals surface area (Å²) in [5.74, 6) is 0.366. The van der Waals surface area contributed by atoms with E-state index in [1.54, 1.807) is 42.6 Å². The number of alkyl halides is 3. The molecule has 2 unspecified atom stereocenters. The van der Waals surface area contributed by atoms with Crippen LogP contribution in [0, 0.1) is 0 Å². The lowest BCUT2D eigenvalue weighted by Gasteiger charge is -2.29. The lowest BCUT2D eigenvalue weighted by molar-refractivity contribution is -0.138. The quantitative estimate of drug-likeness (QED) is 0.144. The van der Waals surface area contributed by atoms with Crippen LogP contribution in [-0.2, 0) is 22.3 Å². The Labute approximate surface area is 315 Å². The Balaban J connectivity index is 0.891. The van der Waals surface area contributed by atoms with Crippen LogP contribution in [0.2, 0.25) is 0 Å². The second-order valence-electron chi connectivity index (χ2n) is 13.7. The number of nitrogens with one attached hydrogen (secondary N) is 3. The molecule has 0 saturated carbocycles. The van der Waals surface area contributed by atoms with Crippen LogP contribution in [0.25, 0.3) is 11.1 Å². The Morgan fingerprint density at radius 1 is 0.981 bits per heavy atom. The second kappa shape index (κ2) is 15.2. The third kappa shape index (κ3) is 7.97. The minimum Gasteiger partial charge on any atom is -0.492 e. The fourth-order valence-corrected chi connectivity index (χ4v) is 8.00. The number of thioether (sulfide) groups is 1. The summed E-state index contributed by atoms with van der Waals surface area (Å²) >= 11 is 1.36. The molecule has 0 bridgehead atoms. The molecule has 282 valence electrons. The van der Waals surface area contributed by atoms with Gasteiger partial charge in [0.2, 0.25) is 11.8 Å². The summed E-state index contributed by atoms with van der Waals surface area (Å²) in [6, 6.07) is 18.4. The molecule has 3 aliphatic heterocycles. The van der Waals surface area contributed by atoms with Crippen LogP contribution in [0.3, 0.4) is 0 Å². The first-order valence-electron chi connectivity index (χ1n) is 17.6. The lowest BCUT2D eigenvalue weighted by atomic mass is 9.99. The standard InChI is InChI=1S/C39H40F3N7O4S/c1-47(2)34-12-5-24(21-44-34)23-4-8-29(30(19-23)39(40,41)42)37-45-31-10-6-26(20-33(31)54-37)43-14-15-48(3)16-17-53-27-7-9-28-25(18-27)22-49(38(28)52)32-11-13-35(50)46-36(32)51/h4-10,12,18-21,32,37,43,45H,11,13-17,22H2,1-3H3,(H,46,50,51). The number of ether oxygens (including phenoxy) is 1. The molecule has 3 amide bonds. The van der Waals surface area contributed by atoms with Crippen LogP contribution < -0.4 is 25.6 Å². The Kier molecular flexibility index (Phi) is 10.4. The topological polar surface area (TPSA) is 119 Å². The van der Waals surface area contributed by atoms with E-state index in [1.165, 1.54) is 22.7 Å². The van der Waals surface area contributed by atoms with E-state index >= 15 is 0 Å². The molecule has 0 aliphatic carbocycles. The molecule has 0 radical (unpaired) electrons. The Morgan fingerprint density at radius 2 is 1.80 bits per heavy atom. The average molecular weight is 760 g/mol. The smallest absolute Gasteiger partial charge is 0.416 e. The normalized spacial score (nSPS) is 18.0. The van der Waals surface area contributed by atoms with Crippen molar-refractivity contribution in [2.75, 3.05) is 62.9 Å². The summed E-state index contributed by atoms with van der Waals surface area (Å²) in [5, 5.41) is 8.39.